The van der Waals surface area contributed by atoms with Gasteiger partial charge in [0.15, 0.2) is 0 Å². The fourth-order valence-corrected chi connectivity index (χ4v) is 2.62. The molecule has 1 aromatic heterocycles. The van der Waals surface area contributed by atoms with Crippen molar-refractivity contribution in [1.82, 2.24) is 30.0 Å². The first-order chi connectivity index (χ1) is 9.48. The SMILES string of the molecule is CN(C)C[C@]1(O)CCN(C(=O)CCCn2cnnn2)C1. The Labute approximate surface area is 118 Å². The number of tetrazole rings is 1. The van der Waals surface area contributed by atoms with E-state index in [1.54, 1.807) is 9.58 Å². The van der Waals surface area contributed by atoms with Crippen LogP contribution in [0.3, 0.4) is 0 Å². The summed E-state index contributed by atoms with van der Waals surface area (Å²) in [7, 11) is 3.85. The number of hydrogen-bond donors (Lipinski definition) is 1. The van der Waals surface area contributed by atoms with Gasteiger partial charge in [0.25, 0.3) is 0 Å². The monoisotopic (exact) mass is 282 g/mol. The molecule has 0 unspecified atom stereocenters. The van der Waals surface area contributed by atoms with Crippen molar-refractivity contribution in [2.75, 3.05) is 33.7 Å². The van der Waals surface area contributed by atoms with Gasteiger partial charge in [-0.3, -0.25) is 4.79 Å². The van der Waals surface area contributed by atoms with Gasteiger partial charge in [-0.1, -0.05) is 0 Å². The molecule has 1 aliphatic rings. The Morgan fingerprint density at radius 3 is 2.95 bits per heavy atom. The Hall–Kier alpha value is -1.54. The molecular weight excluding hydrogens is 260 g/mol. The summed E-state index contributed by atoms with van der Waals surface area (Å²) in [6, 6.07) is 0. The molecule has 0 aromatic carbocycles. The lowest BCUT2D eigenvalue weighted by atomic mass is 10.0. The molecule has 1 atom stereocenters. The molecule has 2 heterocycles. The van der Waals surface area contributed by atoms with Gasteiger partial charge in [-0.15, -0.1) is 5.10 Å². The number of aliphatic hydroxyl groups is 1. The van der Waals surface area contributed by atoms with E-state index >= 15 is 0 Å². The summed E-state index contributed by atoms with van der Waals surface area (Å²) in [5, 5.41) is 21.2. The molecule has 0 saturated carbocycles. The van der Waals surface area contributed by atoms with Crippen LogP contribution in [0.1, 0.15) is 19.3 Å². The van der Waals surface area contributed by atoms with Gasteiger partial charge in [0.05, 0.1) is 12.1 Å². The third-order valence-electron chi connectivity index (χ3n) is 3.46. The van der Waals surface area contributed by atoms with Crippen LogP contribution in [-0.2, 0) is 11.3 Å². The third-order valence-corrected chi connectivity index (χ3v) is 3.46. The van der Waals surface area contributed by atoms with Gasteiger partial charge in [-0.05, 0) is 37.4 Å². The number of rotatable bonds is 6. The molecule has 1 aliphatic heterocycles. The summed E-state index contributed by atoms with van der Waals surface area (Å²) in [5.74, 6) is 0.0905. The maximum Gasteiger partial charge on any atom is 0.222 e. The molecule has 8 nitrogen and oxygen atoms in total. The molecule has 1 aromatic rings. The van der Waals surface area contributed by atoms with E-state index in [2.05, 4.69) is 15.5 Å². The highest BCUT2D eigenvalue weighted by Gasteiger charge is 2.38. The number of likely N-dealkylation sites (N-methyl/N-ethyl adjacent to an activating group) is 1. The molecule has 2 rings (SSSR count). The minimum absolute atomic E-state index is 0.0905. The largest absolute Gasteiger partial charge is 0.387 e. The summed E-state index contributed by atoms with van der Waals surface area (Å²) >= 11 is 0. The first kappa shape index (κ1) is 14.9. The first-order valence-electron chi connectivity index (χ1n) is 6.84. The molecule has 1 N–H and O–H groups in total. The maximum atomic E-state index is 12.1. The van der Waals surface area contributed by atoms with Crippen LogP contribution in [-0.4, -0.2) is 80.4 Å². The van der Waals surface area contributed by atoms with Crippen LogP contribution < -0.4 is 0 Å². The fraction of sp³-hybridized carbons (Fsp3) is 0.833. The molecule has 20 heavy (non-hydrogen) atoms. The van der Waals surface area contributed by atoms with Crippen LogP contribution in [0, 0.1) is 0 Å². The summed E-state index contributed by atoms with van der Waals surface area (Å²) in [5.41, 5.74) is -0.769. The van der Waals surface area contributed by atoms with E-state index < -0.39 is 5.60 Å². The van der Waals surface area contributed by atoms with Gasteiger partial charge in [-0.25, -0.2) is 4.68 Å². The molecule has 0 radical (unpaired) electrons. The van der Waals surface area contributed by atoms with Crippen LogP contribution in [0.4, 0.5) is 0 Å². The smallest absolute Gasteiger partial charge is 0.222 e. The van der Waals surface area contributed by atoms with E-state index in [0.29, 0.717) is 45.4 Å². The van der Waals surface area contributed by atoms with Gasteiger partial charge in [0.2, 0.25) is 5.91 Å². The van der Waals surface area contributed by atoms with Crippen molar-refractivity contribution in [1.29, 1.82) is 0 Å². The molecule has 8 heteroatoms. The van der Waals surface area contributed by atoms with Gasteiger partial charge >= 0.3 is 0 Å². The second kappa shape index (κ2) is 6.27. The number of hydrogen-bond acceptors (Lipinski definition) is 6. The second-order valence-electron chi connectivity index (χ2n) is 5.70. The zero-order valence-corrected chi connectivity index (χ0v) is 12.1. The first-order valence-corrected chi connectivity index (χ1v) is 6.84. The lowest BCUT2D eigenvalue weighted by molar-refractivity contribution is -0.131. The molecular formula is C12H22N6O2. The number of aromatic nitrogens is 4. The summed E-state index contributed by atoms with van der Waals surface area (Å²) in [4.78, 5) is 15.8. The minimum Gasteiger partial charge on any atom is -0.387 e. The van der Waals surface area contributed by atoms with Crippen molar-refractivity contribution in [2.45, 2.75) is 31.4 Å². The molecule has 0 bridgehead atoms. The highest BCUT2D eigenvalue weighted by atomic mass is 16.3. The van der Waals surface area contributed by atoms with Gasteiger partial charge in [-0.2, -0.15) is 0 Å². The summed E-state index contributed by atoms with van der Waals surface area (Å²) in [6.07, 6.45) is 3.34. The Kier molecular flexibility index (Phi) is 4.66. The molecule has 0 spiro atoms. The number of amides is 1. The van der Waals surface area contributed by atoms with Crippen molar-refractivity contribution in [3.63, 3.8) is 0 Å². The van der Waals surface area contributed by atoms with Gasteiger partial charge in [0.1, 0.15) is 6.33 Å². The van der Waals surface area contributed by atoms with E-state index in [4.69, 9.17) is 0 Å². The molecule has 1 fully saturated rings. The maximum absolute atomic E-state index is 12.1. The second-order valence-corrected chi connectivity index (χ2v) is 5.70. The third kappa shape index (κ3) is 3.97. The number of carbonyl (C=O) groups is 1. The standard InChI is InChI=1S/C12H22N6O2/c1-16(2)8-12(20)5-7-17(9-12)11(19)4-3-6-18-10-13-14-15-18/h10,20H,3-9H2,1-2H3/t12-/m1/s1. The number of likely N-dealkylation sites (tertiary alicyclic amines) is 1. The highest BCUT2D eigenvalue weighted by molar-refractivity contribution is 5.76. The Bertz CT molecular complexity index is 435. The van der Waals surface area contributed by atoms with Crippen LogP contribution in [0.2, 0.25) is 0 Å². The predicted molar refractivity (Wildman–Crippen MR) is 71.8 cm³/mol. The van der Waals surface area contributed by atoms with Crippen molar-refractivity contribution in [2.24, 2.45) is 0 Å². The van der Waals surface area contributed by atoms with Crippen molar-refractivity contribution >= 4 is 5.91 Å². The molecule has 1 saturated heterocycles. The van der Waals surface area contributed by atoms with E-state index in [1.807, 2.05) is 19.0 Å². The average Bonchev–Trinajstić information content (AvgIpc) is 2.98. The summed E-state index contributed by atoms with van der Waals surface area (Å²) in [6.45, 7) is 2.28. The Morgan fingerprint density at radius 1 is 1.50 bits per heavy atom. The number of aryl methyl sites for hydroxylation is 1. The number of nitrogens with zero attached hydrogens (tertiary/aromatic N) is 6. The minimum atomic E-state index is -0.769. The highest BCUT2D eigenvalue weighted by Crippen LogP contribution is 2.22. The lowest BCUT2D eigenvalue weighted by Crippen LogP contribution is -2.43. The molecule has 1 amide bonds. The Balaban J connectivity index is 1.74. The zero-order valence-electron chi connectivity index (χ0n) is 12.1. The van der Waals surface area contributed by atoms with Crippen LogP contribution in [0.5, 0.6) is 0 Å². The molecule has 112 valence electrons. The fourth-order valence-electron chi connectivity index (χ4n) is 2.62. The predicted octanol–water partition coefficient (Wildman–Crippen LogP) is -1.02. The topological polar surface area (TPSA) is 87.4 Å². The Morgan fingerprint density at radius 2 is 2.30 bits per heavy atom. The number of carbonyl (C=O) groups excluding carboxylic acids is 1. The normalized spacial score (nSPS) is 22.7. The molecule has 0 aliphatic carbocycles. The zero-order chi connectivity index (χ0) is 14.6. The van der Waals surface area contributed by atoms with Gasteiger partial charge < -0.3 is 14.9 Å². The van der Waals surface area contributed by atoms with E-state index in [9.17, 15) is 9.90 Å². The van der Waals surface area contributed by atoms with E-state index in [-0.39, 0.29) is 5.91 Å². The quantitative estimate of drug-likeness (QED) is 0.718. The van der Waals surface area contributed by atoms with E-state index in [1.165, 1.54) is 6.33 Å². The van der Waals surface area contributed by atoms with Crippen molar-refractivity contribution < 1.29 is 9.90 Å². The van der Waals surface area contributed by atoms with E-state index in [0.717, 1.165) is 0 Å². The summed E-state index contributed by atoms with van der Waals surface area (Å²) < 4.78 is 1.61. The van der Waals surface area contributed by atoms with Crippen molar-refractivity contribution in [3.05, 3.63) is 6.33 Å². The van der Waals surface area contributed by atoms with Crippen molar-refractivity contribution in [3.8, 4) is 0 Å². The van der Waals surface area contributed by atoms with Crippen LogP contribution >= 0.6 is 0 Å². The van der Waals surface area contributed by atoms with Gasteiger partial charge in [0, 0.05) is 26.1 Å². The van der Waals surface area contributed by atoms with Crippen LogP contribution in [0.25, 0.3) is 0 Å². The average molecular weight is 282 g/mol. The number of β-amino-alcohol motifs (C(OH)–C–C–N with tert-alkyl or cyclic N) is 1. The lowest BCUT2D eigenvalue weighted by Gasteiger charge is -2.26. The van der Waals surface area contributed by atoms with Crippen LogP contribution in [0.15, 0.2) is 6.33 Å².